The summed E-state index contributed by atoms with van der Waals surface area (Å²) in [5.74, 6) is -1.15. The monoisotopic (exact) mass is 325 g/mol. The van der Waals surface area contributed by atoms with Crippen molar-refractivity contribution in [2.45, 2.75) is 25.7 Å². The largest absolute Gasteiger partial charge is 0.477 e. The van der Waals surface area contributed by atoms with Gasteiger partial charge in [-0.3, -0.25) is 4.72 Å². The van der Waals surface area contributed by atoms with Gasteiger partial charge >= 0.3 is 5.97 Å². The summed E-state index contributed by atoms with van der Waals surface area (Å²) in [6.45, 7) is 5.34. The van der Waals surface area contributed by atoms with Crippen LogP contribution in [0, 0.1) is 20.8 Å². The van der Waals surface area contributed by atoms with Crippen molar-refractivity contribution in [1.82, 2.24) is 0 Å². The number of carboxylic acids is 1. The lowest BCUT2D eigenvalue weighted by Crippen LogP contribution is -2.17. The summed E-state index contributed by atoms with van der Waals surface area (Å²) in [5, 5.41) is 10.6. The lowest BCUT2D eigenvalue weighted by Gasteiger charge is -2.13. The molecule has 0 aliphatic carbocycles. The number of rotatable bonds is 4. The average molecular weight is 325 g/mol. The molecular weight excluding hydrogens is 310 g/mol. The smallest absolute Gasteiger partial charge is 0.348 e. The number of anilines is 1. The maximum absolute atomic E-state index is 12.5. The minimum absolute atomic E-state index is 0.0269. The van der Waals surface area contributed by atoms with Gasteiger partial charge in [0.15, 0.2) is 0 Å². The maximum Gasteiger partial charge on any atom is 0.348 e. The minimum Gasteiger partial charge on any atom is -0.477 e. The van der Waals surface area contributed by atoms with Crippen LogP contribution in [0.2, 0.25) is 0 Å². The lowest BCUT2D eigenvalue weighted by atomic mass is 10.1. The van der Waals surface area contributed by atoms with Crippen LogP contribution >= 0.6 is 11.3 Å². The van der Waals surface area contributed by atoms with Crippen molar-refractivity contribution in [3.05, 3.63) is 45.1 Å². The Morgan fingerprint density at radius 2 is 1.76 bits per heavy atom. The normalized spacial score (nSPS) is 11.4. The molecule has 2 aromatic rings. The molecule has 1 aromatic carbocycles. The number of sulfonamides is 1. The topological polar surface area (TPSA) is 83.5 Å². The molecule has 5 nitrogen and oxygen atoms in total. The number of benzene rings is 1. The van der Waals surface area contributed by atoms with E-state index in [4.69, 9.17) is 5.11 Å². The van der Waals surface area contributed by atoms with E-state index in [1.165, 1.54) is 11.4 Å². The van der Waals surface area contributed by atoms with Gasteiger partial charge in [0.2, 0.25) is 0 Å². The van der Waals surface area contributed by atoms with Crippen LogP contribution in [-0.4, -0.2) is 19.5 Å². The van der Waals surface area contributed by atoms with Gasteiger partial charge in [0.1, 0.15) is 4.88 Å². The molecule has 0 aliphatic rings. The average Bonchev–Trinajstić information content (AvgIpc) is 2.73. The molecule has 1 aromatic heterocycles. The number of hydrogen-bond acceptors (Lipinski definition) is 4. The lowest BCUT2D eigenvalue weighted by molar-refractivity contribution is 0.0703. The first-order valence-electron chi connectivity index (χ1n) is 6.14. The first-order valence-corrected chi connectivity index (χ1v) is 8.50. The third-order valence-corrected chi connectivity index (χ3v) is 5.55. The Balaban J connectivity index is 2.49. The maximum atomic E-state index is 12.5. The van der Waals surface area contributed by atoms with E-state index in [1.807, 2.05) is 6.92 Å². The first-order chi connectivity index (χ1) is 9.72. The van der Waals surface area contributed by atoms with Crippen molar-refractivity contribution in [3.63, 3.8) is 0 Å². The van der Waals surface area contributed by atoms with Gasteiger partial charge in [-0.15, -0.1) is 11.3 Å². The Labute approximate surface area is 127 Å². The van der Waals surface area contributed by atoms with Crippen molar-refractivity contribution in [1.29, 1.82) is 0 Å². The quantitative estimate of drug-likeness (QED) is 0.904. The fourth-order valence-corrected chi connectivity index (χ4v) is 4.62. The van der Waals surface area contributed by atoms with Crippen LogP contribution in [0.15, 0.2) is 28.5 Å². The number of aryl methyl sites for hydroxylation is 3. The van der Waals surface area contributed by atoms with Gasteiger partial charge in [0.05, 0.1) is 10.6 Å². The van der Waals surface area contributed by atoms with Crippen LogP contribution in [0.25, 0.3) is 0 Å². The molecule has 1 heterocycles. The molecule has 112 valence electrons. The zero-order valence-corrected chi connectivity index (χ0v) is 13.4. The van der Waals surface area contributed by atoms with Crippen LogP contribution < -0.4 is 4.72 Å². The third-order valence-electron chi connectivity index (χ3n) is 2.98. The molecule has 0 amide bonds. The van der Waals surface area contributed by atoms with Gasteiger partial charge in [0, 0.05) is 0 Å². The van der Waals surface area contributed by atoms with E-state index in [0.29, 0.717) is 11.1 Å². The molecule has 0 aliphatic heterocycles. The fourth-order valence-electron chi connectivity index (χ4n) is 2.34. The summed E-state index contributed by atoms with van der Waals surface area (Å²) in [6.07, 6.45) is 0. The molecule has 2 N–H and O–H groups in total. The number of carbonyl (C=O) groups is 1. The molecule has 2 rings (SSSR count). The molecule has 0 saturated carbocycles. The van der Waals surface area contributed by atoms with Gasteiger partial charge in [-0.05, 0) is 43.3 Å². The highest BCUT2D eigenvalue weighted by molar-refractivity contribution is 7.92. The predicted molar refractivity (Wildman–Crippen MR) is 82.7 cm³/mol. The molecular formula is C14H15NO4S2. The number of hydrogen-bond donors (Lipinski definition) is 2. The van der Waals surface area contributed by atoms with E-state index in [9.17, 15) is 13.2 Å². The van der Waals surface area contributed by atoms with Gasteiger partial charge in [-0.2, -0.15) is 0 Å². The van der Waals surface area contributed by atoms with Crippen LogP contribution in [0.4, 0.5) is 5.69 Å². The van der Waals surface area contributed by atoms with Gasteiger partial charge in [-0.25, -0.2) is 13.2 Å². The molecule has 21 heavy (non-hydrogen) atoms. The molecule has 0 atom stereocenters. The number of thiophene rings is 1. The van der Waals surface area contributed by atoms with Crippen molar-refractivity contribution in [2.75, 3.05) is 4.72 Å². The Bertz CT molecular complexity index is 783. The van der Waals surface area contributed by atoms with Gasteiger partial charge in [0.25, 0.3) is 10.0 Å². The zero-order valence-electron chi connectivity index (χ0n) is 11.8. The summed E-state index contributed by atoms with van der Waals surface area (Å²) in [6, 6.07) is 5.02. The first kappa shape index (κ1) is 15.5. The van der Waals surface area contributed by atoms with Crippen molar-refractivity contribution in [2.24, 2.45) is 0 Å². The highest BCUT2D eigenvalue weighted by Gasteiger charge is 2.23. The Morgan fingerprint density at radius 3 is 2.29 bits per heavy atom. The number of carboxylic acid groups (broad SMARTS) is 1. The summed E-state index contributed by atoms with van der Waals surface area (Å²) in [7, 11) is -3.82. The van der Waals surface area contributed by atoms with Crippen LogP contribution in [0.1, 0.15) is 26.4 Å². The SMILES string of the molecule is Cc1cc(C)c(S(=O)(=O)Nc2ccsc2C(=O)O)c(C)c1. The third kappa shape index (κ3) is 3.08. The predicted octanol–water partition coefficient (Wildman–Crippen LogP) is 3.17. The molecule has 0 fully saturated rings. The second-order valence-electron chi connectivity index (χ2n) is 4.80. The van der Waals surface area contributed by atoms with Crippen molar-refractivity contribution >= 4 is 33.0 Å². The Morgan fingerprint density at radius 1 is 1.19 bits per heavy atom. The number of nitrogens with one attached hydrogen (secondary N) is 1. The van der Waals surface area contributed by atoms with Gasteiger partial charge < -0.3 is 5.11 Å². The minimum atomic E-state index is -3.82. The van der Waals surface area contributed by atoms with E-state index < -0.39 is 16.0 Å². The van der Waals surface area contributed by atoms with Crippen LogP contribution in [0.5, 0.6) is 0 Å². The molecule has 7 heteroatoms. The Hall–Kier alpha value is -1.86. The molecule has 0 bridgehead atoms. The fraction of sp³-hybridized carbons (Fsp3) is 0.214. The Kier molecular flexibility index (Phi) is 4.06. The van der Waals surface area contributed by atoms with E-state index in [-0.39, 0.29) is 15.5 Å². The van der Waals surface area contributed by atoms with Gasteiger partial charge in [-0.1, -0.05) is 17.7 Å². The van der Waals surface area contributed by atoms with E-state index in [0.717, 1.165) is 16.9 Å². The molecule has 0 saturated heterocycles. The molecule has 0 radical (unpaired) electrons. The standard InChI is InChI=1S/C14H15NO4S2/c1-8-6-9(2)13(10(3)7-8)21(18,19)15-11-4-5-20-12(11)14(16)17/h4-7,15H,1-3H3,(H,16,17). The second kappa shape index (κ2) is 5.50. The van der Waals surface area contributed by atoms with Crippen LogP contribution in [-0.2, 0) is 10.0 Å². The van der Waals surface area contributed by atoms with Crippen LogP contribution in [0.3, 0.4) is 0 Å². The molecule has 0 unspecified atom stereocenters. The highest BCUT2D eigenvalue weighted by Crippen LogP contribution is 2.28. The van der Waals surface area contributed by atoms with Crippen molar-refractivity contribution in [3.8, 4) is 0 Å². The summed E-state index contributed by atoms with van der Waals surface area (Å²) < 4.78 is 27.4. The van der Waals surface area contributed by atoms with E-state index in [1.54, 1.807) is 26.0 Å². The highest BCUT2D eigenvalue weighted by atomic mass is 32.2. The van der Waals surface area contributed by atoms with Crippen molar-refractivity contribution < 1.29 is 18.3 Å². The summed E-state index contributed by atoms with van der Waals surface area (Å²) >= 11 is 0.978. The second-order valence-corrected chi connectivity index (χ2v) is 7.34. The van der Waals surface area contributed by atoms with E-state index >= 15 is 0 Å². The van der Waals surface area contributed by atoms with E-state index in [2.05, 4.69) is 4.72 Å². The summed E-state index contributed by atoms with van der Waals surface area (Å²) in [4.78, 5) is 11.2. The summed E-state index contributed by atoms with van der Waals surface area (Å²) in [5.41, 5.74) is 2.33. The molecule has 0 spiro atoms. The number of aromatic carboxylic acids is 1. The zero-order chi connectivity index (χ0) is 15.8.